The van der Waals surface area contributed by atoms with Crippen LogP contribution in [0.3, 0.4) is 0 Å². The average molecular weight is 445 g/mol. The summed E-state index contributed by atoms with van der Waals surface area (Å²) in [5, 5.41) is 0. The number of hydrogen-bond acceptors (Lipinski definition) is 1. The Morgan fingerprint density at radius 1 is 1.00 bits per heavy atom. The van der Waals surface area contributed by atoms with Crippen molar-refractivity contribution in [3.63, 3.8) is 0 Å². The molecule has 2 rings (SSSR count). The first-order valence-electron chi connectivity index (χ1n) is 10.6. The summed E-state index contributed by atoms with van der Waals surface area (Å²) in [4.78, 5) is 0. The van der Waals surface area contributed by atoms with Gasteiger partial charge in [0.1, 0.15) is 5.75 Å². The molecule has 1 nitrogen and oxygen atoms in total. The zero-order chi connectivity index (χ0) is 22.1. The Kier molecular flexibility index (Phi) is 10.7. The van der Waals surface area contributed by atoms with Gasteiger partial charge in [0.15, 0.2) is 0 Å². The molecule has 0 heterocycles. The van der Waals surface area contributed by atoms with Crippen LogP contribution in [0.4, 0.5) is 0 Å². The van der Waals surface area contributed by atoms with Crippen LogP contribution in [0.25, 0.3) is 0 Å². The van der Waals surface area contributed by atoms with E-state index in [0.717, 1.165) is 5.75 Å². The van der Waals surface area contributed by atoms with E-state index in [0.29, 0.717) is 18.4 Å². The van der Waals surface area contributed by atoms with Gasteiger partial charge in [0.2, 0.25) is 0 Å². The Bertz CT molecular complexity index is 741. The fraction of sp³-hybridized carbons (Fsp3) is 0.462. The standard InChI is InChI=1S/C19H28O.C5H5.C2H7Si.Ti/c1-15(18(2,3)4)13-16(19(5,6)7)14-20-17-11-9-8-10-12-17;1-2-4-5-3-1;1-3-2;/h8-14H,1-7H3;1-3H,4H2;3H,1-2H3;. The normalized spacial score (nSPS) is 15.0. The summed E-state index contributed by atoms with van der Waals surface area (Å²) in [5.41, 5.74) is 2.79. The molecule has 0 radical (unpaired) electrons. The van der Waals surface area contributed by atoms with Crippen LogP contribution in [-0.4, -0.2) is 6.66 Å². The molecule has 0 saturated carbocycles. The molecule has 0 aromatic heterocycles. The minimum atomic E-state index is -0.207. The molecular weight excluding hydrogens is 404 g/mol. The maximum absolute atomic E-state index is 5.80. The minimum absolute atomic E-state index is 0.0568. The van der Waals surface area contributed by atoms with Crippen molar-refractivity contribution in [1.82, 2.24) is 0 Å². The van der Waals surface area contributed by atoms with E-state index in [-0.39, 0.29) is 17.5 Å². The molecule has 0 amide bonds. The summed E-state index contributed by atoms with van der Waals surface area (Å²) < 4.78 is 7.58. The Balaban J connectivity index is 0.000000387. The van der Waals surface area contributed by atoms with Crippen LogP contribution in [0.2, 0.25) is 13.1 Å². The van der Waals surface area contributed by atoms with Crippen LogP contribution < -0.4 is 4.74 Å². The van der Waals surface area contributed by atoms with Crippen molar-refractivity contribution < 1.29 is 23.1 Å². The van der Waals surface area contributed by atoms with Gasteiger partial charge in [-0.25, -0.2) is 0 Å². The van der Waals surface area contributed by atoms with E-state index >= 15 is 0 Å². The second kappa shape index (κ2) is 11.9. The van der Waals surface area contributed by atoms with Gasteiger partial charge in [0.05, 0.1) is 6.26 Å². The Morgan fingerprint density at radius 3 is 2.07 bits per heavy atom. The number of rotatable bonds is 5. The van der Waals surface area contributed by atoms with Crippen LogP contribution in [-0.2, 0) is 18.4 Å². The molecule has 0 fully saturated rings. The van der Waals surface area contributed by atoms with Crippen molar-refractivity contribution in [3.8, 4) is 5.75 Å². The van der Waals surface area contributed by atoms with Gasteiger partial charge in [-0.3, -0.25) is 0 Å². The second-order valence-electron chi connectivity index (χ2n) is 9.95. The predicted molar refractivity (Wildman–Crippen MR) is 129 cm³/mol. The van der Waals surface area contributed by atoms with E-state index in [1.165, 1.54) is 17.6 Å². The maximum atomic E-state index is 5.80. The first kappa shape index (κ1) is 25.9. The molecule has 0 atom stereocenters. The van der Waals surface area contributed by atoms with Crippen molar-refractivity contribution in [2.24, 2.45) is 10.8 Å². The molecule has 0 aliphatic heterocycles. The molecule has 0 spiro atoms. The van der Waals surface area contributed by atoms with E-state index in [1.807, 2.05) is 36.6 Å². The Labute approximate surface area is 189 Å². The van der Waals surface area contributed by atoms with Crippen LogP contribution >= 0.6 is 0 Å². The zero-order valence-electron chi connectivity index (χ0n) is 20.0. The SMILES string of the molecule is CC(=CC(=COc1ccccc1)C(C)(C)C)C(C)(C)C.C[SiH](C)[Ti][C]1=CC=CC1. The predicted octanol–water partition coefficient (Wildman–Crippen LogP) is 7.88. The van der Waals surface area contributed by atoms with Gasteiger partial charge in [-0.1, -0.05) is 71.4 Å². The van der Waals surface area contributed by atoms with Gasteiger partial charge in [0.25, 0.3) is 0 Å². The summed E-state index contributed by atoms with van der Waals surface area (Å²) in [6.45, 7) is 20.2. The molecule has 1 aliphatic rings. The van der Waals surface area contributed by atoms with Gasteiger partial charge in [-0.2, -0.15) is 0 Å². The van der Waals surface area contributed by atoms with E-state index in [9.17, 15) is 0 Å². The molecule has 1 aromatic carbocycles. The van der Waals surface area contributed by atoms with Crippen molar-refractivity contribution in [2.75, 3.05) is 0 Å². The molecule has 0 N–H and O–H groups in total. The van der Waals surface area contributed by atoms with Crippen molar-refractivity contribution in [1.29, 1.82) is 0 Å². The summed E-state index contributed by atoms with van der Waals surface area (Å²) in [7, 11) is 0. The summed E-state index contributed by atoms with van der Waals surface area (Å²) >= 11 is 0.375. The number of allylic oxidation sites excluding steroid dienone is 7. The third-order valence-electron chi connectivity index (χ3n) is 4.73. The van der Waals surface area contributed by atoms with E-state index in [4.69, 9.17) is 4.74 Å². The molecular formula is C26H40OSiTi. The summed E-state index contributed by atoms with van der Waals surface area (Å²) in [6.07, 6.45) is 12.2. The van der Waals surface area contributed by atoms with Gasteiger partial charge >= 0.3 is 66.7 Å². The van der Waals surface area contributed by atoms with Gasteiger partial charge in [0, 0.05) is 0 Å². The first-order valence-corrected chi connectivity index (χ1v) is 17.0. The number of hydrogen-bond donors (Lipinski definition) is 0. The van der Waals surface area contributed by atoms with E-state index in [1.54, 1.807) is 3.88 Å². The van der Waals surface area contributed by atoms with Gasteiger partial charge in [-0.15, -0.1) is 0 Å². The van der Waals surface area contributed by atoms with Crippen LogP contribution in [0.5, 0.6) is 5.75 Å². The molecule has 0 unspecified atom stereocenters. The average Bonchev–Trinajstić information content (AvgIpc) is 3.10. The van der Waals surface area contributed by atoms with Crippen molar-refractivity contribution >= 4 is 6.66 Å². The molecule has 0 bridgehead atoms. The topological polar surface area (TPSA) is 9.23 Å². The van der Waals surface area contributed by atoms with E-state index < -0.39 is 0 Å². The number of benzene rings is 1. The third-order valence-corrected chi connectivity index (χ3v) is 10.7. The van der Waals surface area contributed by atoms with Crippen molar-refractivity contribution in [3.05, 3.63) is 75.9 Å². The summed E-state index contributed by atoms with van der Waals surface area (Å²) in [6, 6.07) is 9.89. The first-order chi connectivity index (χ1) is 13.4. The van der Waals surface area contributed by atoms with E-state index in [2.05, 4.69) is 85.9 Å². The quantitative estimate of drug-likeness (QED) is 0.255. The monoisotopic (exact) mass is 444 g/mol. The summed E-state index contributed by atoms with van der Waals surface area (Å²) in [5.74, 6) is 0.871. The molecule has 158 valence electrons. The van der Waals surface area contributed by atoms with Gasteiger partial charge in [-0.05, 0) is 35.5 Å². The number of ether oxygens (including phenoxy) is 1. The van der Waals surface area contributed by atoms with Crippen LogP contribution in [0.15, 0.2) is 75.9 Å². The molecule has 0 saturated heterocycles. The third kappa shape index (κ3) is 11.0. The van der Waals surface area contributed by atoms with Crippen molar-refractivity contribution in [2.45, 2.75) is 68.0 Å². The fourth-order valence-electron chi connectivity index (χ4n) is 2.43. The van der Waals surface area contributed by atoms with Crippen LogP contribution in [0, 0.1) is 10.8 Å². The zero-order valence-corrected chi connectivity index (χ0v) is 22.7. The fourth-order valence-corrected chi connectivity index (χ4v) is 8.20. The molecule has 29 heavy (non-hydrogen) atoms. The molecule has 1 aromatic rings. The molecule has 3 heteroatoms. The second-order valence-corrected chi connectivity index (χ2v) is 20.3. The van der Waals surface area contributed by atoms with Crippen LogP contribution in [0.1, 0.15) is 54.9 Å². The van der Waals surface area contributed by atoms with Gasteiger partial charge < -0.3 is 4.74 Å². The molecule has 1 aliphatic carbocycles. The Hall–Kier alpha value is -1.09. The Morgan fingerprint density at radius 2 is 1.62 bits per heavy atom. The number of para-hydroxylation sites is 1.